The quantitative estimate of drug-likeness (QED) is 0.847. The van der Waals surface area contributed by atoms with Crippen molar-refractivity contribution >= 4 is 11.6 Å². The van der Waals surface area contributed by atoms with E-state index in [1.165, 1.54) is 17.7 Å². The summed E-state index contributed by atoms with van der Waals surface area (Å²) in [6, 6.07) is 5.95. The zero-order chi connectivity index (χ0) is 13.7. The molecule has 0 bridgehead atoms. The number of amides is 1. The molecule has 0 aliphatic heterocycles. The number of carbonyl (C=O) groups excluding carboxylic acids is 1. The van der Waals surface area contributed by atoms with Gasteiger partial charge < -0.3 is 4.74 Å². The third-order valence-electron chi connectivity index (χ3n) is 2.71. The first-order valence-electron chi connectivity index (χ1n) is 6.05. The van der Waals surface area contributed by atoms with Crippen LogP contribution in [0.1, 0.15) is 19.8 Å². The summed E-state index contributed by atoms with van der Waals surface area (Å²) in [5, 5.41) is 3.98. The third-order valence-corrected chi connectivity index (χ3v) is 2.71. The topological polar surface area (TPSA) is 50.7 Å². The SMILES string of the molecule is CC1=C/C(=N\NC(=O)COc2ccccc2F)CC1. The lowest BCUT2D eigenvalue weighted by molar-refractivity contribution is -0.123. The number of nitrogens with one attached hydrogen (secondary N) is 1. The molecule has 0 unspecified atom stereocenters. The minimum absolute atomic E-state index is 0.0573. The van der Waals surface area contributed by atoms with Crippen LogP contribution >= 0.6 is 0 Å². The Morgan fingerprint density at radius 2 is 2.21 bits per heavy atom. The van der Waals surface area contributed by atoms with E-state index in [9.17, 15) is 9.18 Å². The maximum absolute atomic E-state index is 13.2. The molecule has 2 rings (SSSR count). The van der Waals surface area contributed by atoms with Crippen LogP contribution in [0.3, 0.4) is 0 Å². The molecule has 4 nitrogen and oxygen atoms in total. The molecule has 0 fully saturated rings. The number of ether oxygens (including phenoxy) is 1. The third kappa shape index (κ3) is 3.91. The van der Waals surface area contributed by atoms with Crippen LogP contribution in [0, 0.1) is 5.82 Å². The second-order valence-corrected chi connectivity index (χ2v) is 4.35. The molecule has 5 heteroatoms. The zero-order valence-electron chi connectivity index (χ0n) is 10.6. The highest BCUT2D eigenvalue weighted by Gasteiger charge is 2.08. The maximum atomic E-state index is 13.2. The van der Waals surface area contributed by atoms with Crippen LogP contribution in [-0.2, 0) is 4.79 Å². The van der Waals surface area contributed by atoms with Gasteiger partial charge in [0.1, 0.15) is 0 Å². The zero-order valence-corrected chi connectivity index (χ0v) is 10.6. The summed E-state index contributed by atoms with van der Waals surface area (Å²) in [7, 11) is 0. The molecule has 19 heavy (non-hydrogen) atoms. The fraction of sp³-hybridized carbons (Fsp3) is 0.286. The molecule has 1 amide bonds. The fourth-order valence-corrected chi connectivity index (χ4v) is 1.71. The Hall–Kier alpha value is -2.17. The first-order valence-corrected chi connectivity index (χ1v) is 6.05. The molecule has 0 saturated heterocycles. The summed E-state index contributed by atoms with van der Waals surface area (Å²) in [6.07, 6.45) is 3.75. The van der Waals surface area contributed by atoms with Crippen molar-refractivity contribution < 1.29 is 13.9 Å². The van der Waals surface area contributed by atoms with E-state index >= 15 is 0 Å². The Kier molecular flexibility index (Phi) is 4.28. The lowest BCUT2D eigenvalue weighted by Gasteiger charge is -2.05. The Balaban J connectivity index is 1.81. The van der Waals surface area contributed by atoms with E-state index in [-0.39, 0.29) is 12.4 Å². The van der Waals surface area contributed by atoms with Gasteiger partial charge in [-0.1, -0.05) is 17.7 Å². The fourth-order valence-electron chi connectivity index (χ4n) is 1.71. The molecule has 0 radical (unpaired) electrons. The summed E-state index contributed by atoms with van der Waals surface area (Å²) in [6.45, 7) is 1.76. The van der Waals surface area contributed by atoms with E-state index in [4.69, 9.17) is 4.74 Å². The largest absolute Gasteiger partial charge is 0.481 e. The van der Waals surface area contributed by atoms with Gasteiger partial charge in [0.05, 0.1) is 5.71 Å². The van der Waals surface area contributed by atoms with Crippen LogP contribution in [0.4, 0.5) is 4.39 Å². The van der Waals surface area contributed by atoms with Crippen molar-refractivity contribution in [3.63, 3.8) is 0 Å². The van der Waals surface area contributed by atoms with Crippen molar-refractivity contribution in [3.8, 4) is 5.75 Å². The van der Waals surface area contributed by atoms with Crippen molar-refractivity contribution in [2.24, 2.45) is 5.10 Å². The summed E-state index contributed by atoms with van der Waals surface area (Å²) in [4.78, 5) is 11.5. The van der Waals surface area contributed by atoms with Gasteiger partial charge in [0.15, 0.2) is 18.2 Å². The molecular formula is C14H15FN2O2. The second kappa shape index (κ2) is 6.13. The Morgan fingerprint density at radius 1 is 1.42 bits per heavy atom. The van der Waals surface area contributed by atoms with Crippen LogP contribution in [0.2, 0.25) is 0 Å². The van der Waals surface area contributed by atoms with Crippen molar-refractivity contribution in [2.45, 2.75) is 19.8 Å². The van der Waals surface area contributed by atoms with Crippen molar-refractivity contribution in [1.29, 1.82) is 0 Å². The molecule has 1 aliphatic rings. The summed E-state index contributed by atoms with van der Waals surface area (Å²) < 4.78 is 18.3. The summed E-state index contributed by atoms with van der Waals surface area (Å²) in [5.74, 6) is -0.841. The van der Waals surface area contributed by atoms with E-state index in [1.807, 2.05) is 13.0 Å². The number of allylic oxidation sites excluding steroid dienone is 2. The van der Waals surface area contributed by atoms with Gasteiger partial charge in [-0.05, 0) is 38.0 Å². The van der Waals surface area contributed by atoms with Gasteiger partial charge in [0.25, 0.3) is 5.91 Å². The van der Waals surface area contributed by atoms with Crippen molar-refractivity contribution in [2.75, 3.05) is 6.61 Å². The van der Waals surface area contributed by atoms with E-state index in [2.05, 4.69) is 10.5 Å². The Labute approximate surface area is 111 Å². The minimum Gasteiger partial charge on any atom is -0.481 e. The molecule has 0 aromatic heterocycles. The lowest BCUT2D eigenvalue weighted by atomic mass is 10.3. The Bertz CT molecular complexity index is 538. The molecular weight excluding hydrogens is 247 g/mol. The Morgan fingerprint density at radius 3 is 2.89 bits per heavy atom. The molecule has 1 N–H and O–H groups in total. The number of para-hydroxylation sites is 1. The number of hydrazone groups is 1. The highest BCUT2D eigenvalue weighted by atomic mass is 19.1. The standard InChI is InChI=1S/C14H15FN2O2/c1-10-6-7-11(8-10)16-17-14(18)9-19-13-5-3-2-4-12(13)15/h2-5,8H,6-7,9H2,1H3,(H,17,18)/b16-11-. The van der Waals surface area contributed by atoms with Crippen molar-refractivity contribution in [3.05, 3.63) is 41.7 Å². The van der Waals surface area contributed by atoms with Crippen LogP contribution in [0.25, 0.3) is 0 Å². The van der Waals surface area contributed by atoms with Gasteiger partial charge in [-0.2, -0.15) is 5.10 Å². The van der Waals surface area contributed by atoms with Gasteiger partial charge in [-0.3, -0.25) is 4.79 Å². The highest BCUT2D eigenvalue weighted by molar-refractivity contribution is 5.98. The predicted molar refractivity (Wildman–Crippen MR) is 70.5 cm³/mol. The van der Waals surface area contributed by atoms with Gasteiger partial charge in [0, 0.05) is 0 Å². The molecule has 0 heterocycles. The lowest BCUT2D eigenvalue weighted by Crippen LogP contribution is -2.25. The van der Waals surface area contributed by atoms with E-state index in [0.29, 0.717) is 0 Å². The van der Waals surface area contributed by atoms with Crippen LogP contribution in [0.5, 0.6) is 5.75 Å². The van der Waals surface area contributed by atoms with Crippen molar-refractivity contribution in [1.82, 2.24) is 5.43 Å². The number of halogens is 1. The van der Waals surface area contributed by atoms with Gasteiger partial charge >= 0.3 is 0 Å². The smallest absolute Gasteiger partial charge is 0.277 e. The molecule has 1 aromatic carbocycles. The number of nitrogens with zero attached hydrogens (tertiary/aromatic N) is 1. The maximum Gasteiger partial charge on any atom is 0.277 e. The average Bonchev–Trinajstić information content (AvgIpc) is 2.81. The van der Waals surface area contributed by atoms with E-state index < -0.39 is 11.7 Å². The number of rotatable bonds is 4. The van der Waals surface area contributed by atoms with Gasteiger partial charge in [0.2, 0.25) is 0 Å². The minimum atomic E-state index is -0.490. The first kappa shape index (κ1) is 13.3. The second-order valence-electron chi connectivity index (χ2n) is 4.35. The molecule has 0 saturated carbocycles. The molecule has 1 aromatic rings. The number of hydrogen-bond donors (Lipinski definition) is 1. The number of hydrogen-bond acceptors (Lipinski definition) is 3. The molecule has 100 valence electrons. The van der Waals surface area contributed by atoms with Crippen LogP contribution in [-0.4, -0.2) is 18.2 Å². The van der Waals surface area contributed by atoms with E-state index in [0.717, 1.165) is 18.6 Å². The average molecular weight is 262 g/mol. The van der Waals surface area contributed by atoms with Gasteiger partial charge in [-0.15, -0.1) is 0 Å². The summed E-state index contributed by atoms with van der Waals surface area (Å²) in [5.41, 5.74) is 4.48. The van der Waals surface area contributed by atoms with Crippen LogP contribution in [0.15, 0.2) is 41.0 Å². The van der Waals surface area contributed by atoms with Gasteiger partial charge in [-0.25, -0.2) is 9.82 Å². The highest BCUT2D eigenvalue weighted by Crippen LogP contribution is 2.15. The number of benzene rings is 1. The van der Waals surface area contributed by atoms with Crippen LogP contribution < -0.4 is 10.2 Å². The van der Waals surface area contributed by atoms with E-state index in [1.54, 1.807) is 12.1 Å². The normalized spacial score (nSPS) is 16.3. The number of carbonyl (C=O) groups is 1. The summed E-state index contributed by atoms with van der Waals surface area (Å²) >= 11 is 0. The molecule has 0 spiro atoms. The predicted octanol–water partition coefficient (Wildman–Crippen LogP) is 2.42. The molecule has 1 aliphatic carbocycles. The molecule has 0 atom stereocenters. The first-order chi connectivity index (χ1) is 9.15. The monoisotopic (exact) mass is 262 g/mol.